The van der Waals surface area contributed by atoms with E-state index >= 15 is 0 Å². The van der Waals surface area contributed by atoms with E-state index in [1.165, 1.54) is 0 Å². The summed E-state index contributed by atoms with van der Waals surface area (Å²) in [4.78, 5) is 13.8. The Morgan fingerprint density at radius 1 is 1.20 bits per heavy atom. The van der Waals surface area contributed by atoms with Gasteiger partial charge in [-0.2, -0.15) is 0 Å². The zero-order valence-corrected chi connectivity index (χ0v) is 13.6. The number of carbonyl (C=O) groups excluding carboxylic acids is 1. The molecule has 2 rings (SSSR count). The molecule has 0 aromatic carbocycles. The second-order valence-electron chi connectivity index (χ2n) is 5.73. The summed E-state index contributed by atoms with van der Waals surface area (Å²) in [5.41, 5.74) is 0. The number of nitrogens with one attached hydrogen (secondary N) is 1. The third-order valence-corrected chi connectivity index (χ3v) is 5.95. The molecule has 0 unspecified atom stereocenters. The van der Waals surface area contributed by atoms with Crippen molar-refractivity contribution in [2.75, 3.05) is 37.7 Å². The molecule has 1 amide bonds. The molecule has 0 bridgehead atoms. The van der Waals surface area contributed by atoms with Crippen LogP contribution in [-0.2, 0) is 14.6 Å². The first-order valence-corrected chi connectivity index (χ1v) is 9.03. The zero-order chi connectivity index (χ0) is 13.9. The Hall–Kier alpha value is -0.330. The maximum atomic E-state index is 12.1. The number of hydrogen-bond donors (Lipinski definition) is 1. The molecular weight excluding hydrogens is 300 g/mol. The van der Waals surface area contributed by atoms with Crippen molar-refractivity contribution < 1.29 is 13.2 Å². The molecule has 5 nitrogen and oxygen atoms in total. The summed E-state index contributed by atoms with van der Waals surface area (Å²) in [6, 6.07) is 0. The molecule has 0 aliphatic carbocycles. The molecule has 1 N–H and O–H groups in total. The standard InChI is InChI=1S/C13H24N2O3S.ClH/c1-2-7-19(17,18)10-13(16)15-5-3-11-8-14-9-12(11)4-6-15;/h11-12,14H,2-10H2,1H3;1H/t11-,12+;. The Kier molecular flexibility index (Phi) is 6.75. The molecule has 0 aromatic heterocycles. The maximum absolute atomic E-state index is 12.1. The van der Waals surface area contributed by atoms with Gasteiger partial charge in [0.1, 0.15) is 5.75 Å². The van der Waals surface area contributed by atoms with Crippen molar-refractivity contribution in [3.8, 4) is 0 Å². The lowest BCUT2D eigenvalue weighted by molar-refractivity contribution is -0.128. The molecule has 2 fully saturated rings. The van der Waals surface area contributed by atoms with E-state index in [2.05, 4.69) is 5.32 Å². The molecule has 0 saturated carbocycles. The van der Waals surface area contributed by atoms with Crippen LogP contribution in [0.25, 0.3) is 0 Å². The molecule has 2 heterocycles. The van der Waals surface area contributed by atoms with Crippen LogP contribution in [0.15, 0.2) is 0 Å². The fraction of sp³-hybridized carbons (Fsp3) is 0.923. The van der Waals surface area contributed by atoms with Crippen molar-refractivity contribution in [3.05, 3.63) is 0 Å². The van der Waals surface area contributed by atoms with E-state index in [9.17, 15) is 13.2 Å². The minimum Gasteiger partial charge on any atom is -0.342 e. The third kappa shape index (κ3) is 4.60. The van der Waals surface area contributed by atoms with Crippen LogP contribution in [0.4, 0.5) is 0 Å². The first-order valence-electron chi connectivity index (χ1n) is 7.20. The van der Waals surface area contributed by atoms with Gasteiger partial charge in [-0.25, -0.2) is 8.42 Å². The van der Waals surface area contributed by atoms with E-state index in [0.29, 0.717) is 31.3 Å². The summed E-state index contributed by atoms with van der Waals surface area (Å²) in [7, 11) is -3.21. The van der Waals surface area contributed by atoms with Gasteiger partial charge in [-0.05, 0) is 44.2 Å². The minimum atomic E-state index is -3.21. The topological polar surface area (TPSA) is 66.5 Å². The highest BCUT2D eigenvalue weighted by Gasteiger charge is 2.32. The Balaban J connectivity index is 0.00000200. The maximum Gasteiger partial charge on any atom is 0.237 e. The lowest BCUT2D eigenvalue weighted by Gasteiger charge is -2.20. The number of amides is 1. The van der Waals surface area contributed by atoms with Crippen molar-refractivity contribution in [1.29, 1.82) is 0 Å². The SMILES string of the molecule is CCCS(=O)(=O)CC(=O)N1CC[C@@H]2CNC[C@@H]2CC1.Cl. The zero-order valence-electron chi connectivity index (χ0n) is 12.0. The van der Waals surface area contributed by atoms with Gasteiger partial charge in [0.25, 0.3) is 0 Å². The summed E-state index contributed by atoms with van der Waals surface area (Å²) in [6.07, 6.45) is 2.57. The Bertz CT molecular complexity index is 413. The molecule has 0 spiro atoms. The van der Waals surface area contributed by atoms with E-state index in [1.807, 2.05) is 6.92 Å². The van der Waals surface area contributed by atoms with Crippen LogP contribution in [0.3, 0.4) is 0 Å². The van der Waals surface area contributed by atoms with Crippen molar-refractivity contribution in [2.24, 2.45) is 11.8 Å². The van der Waals surface area contributed by atoms with Crippen molar-refractivity contribution in [1.82, 2.24) is 10.2 Å². The van der Waals surface area contributed by atoms with Gasteiger partial charge in [0, 0.05) is 13.1 Å². The van der Waals surface area contributed by atoms with Crippen LogP contribution < -0.4 is 5.32 Å². The molecule has 2 aliphatic rings. The molecule has 2 aliphatic heterocycles. The molecule has 0 aromatic rings. The first-order chi connectivity index (χ1) is 9.02. The molecule has 20 heavy (non-hydrogen) atoms. The number of rotatable bonds is 4. The predicted octanol–water partition coefficient (Wildman–Crippen LogP) is 0.691. The van der Waals surface area contributed by atoms with E-state index in [1.54, 1.807) is 4.90 Å². The lowest BCUT2D eigenvalue weighted by atomic mass is 9.92. The summed E-state index contributed by atoms with van der Waals surface area (Å²) in [6.45, 7) is 5.33. The van der Waals surface area contributed by atoms with Gasteiger partial charge in [-0.1, -0.05) is 6.92 Å². The summed E-state index contributed by atoms with van der Waals surface area (Å²) < 4.78 is 23.4. The fourth-order valence-electron chi connectivity index (χ4n) is 3.13. The largest absolute Gasteiger partial charge is 0.342 e. The van der Waals surface area contributed by atoms with Gasteiger partial charge in [-0.15, -0.1) is 12.4 Å². The highest BCUT2D eigenvalue weighted by atomic mass is 35.5. The number of nitrogens with zero attached hydrogens (tertiary/aromatic N) is 1. The van der Waals surface area contributed by atoms with Crippen LogP contribution in [-0.4, -0.2) is 56.9 Å². The van der Waals surface area contributed by atoms with Crippen molar-refractivity contribution >= 4 is 28.2 Å². The van der Waals surface area contributed by atoms with Crippen LogP contribution in [0.5, 0.6) is 0 Å². The Morgan fingerprint density at radius 2 is 1.75 bits per heavy atom. The number of carbonyl (C=O) groups is 1. The van der Waals surface area contributed by atoms with Crippen LogP contribution in [0.1, 0.15) is 26.2 Å². The smallest absolute Gasteiger partial charge is 0.237 e. The predicted molar refractivity (Wildman–Crippen MR) is 81.9 cm³/mol. The van der Waals surface area contributed by atoms with Gasteiger partial charge < -0.3 is 10.2 Å². The monoisotopic (exact) mass is 324 g/mol. The van der Waals surface area contributed by atoms with Crippen LogP contribution >= 0.6 is 12.4 Å². The molecule has 2 saturated heterocycles. The highest BCUT2D eigenvalue weighted by Crippen LogP contribution is 2.27. The molecule has 0 radical (unpaired) electrons. The highest BCUT2D eigenvalue weighted by molar-refractivity contribution is 7.92. The average Bonchev–Trinajstić information content (AvgIpc) is 2.67. The van der Waals surface area contributed by atoms with Gasteiger partial charge in [0.15, 0.2) is 9.84 Å². The van der Waals surface area contributed by atoms with Gasteiger partial charge >= 0.3 is 0 Å². The van der Waals surface area contributed by atoms with Gasteiger partial charge in [0.2, 0.25) is 5.91 Å². The Morgan fingerprint density at radius 3 is 2.25 bits per heavy atom. The Labute approximate surface area is 127 Å². The van der Waals surface area contributed by atoms with E-state index in [0.717, 1.165) is 25.9 Å². The minimum absolute atomic E-state index is 0. The second-order valence-corrected chi connectivity index (χ2v) is 7.91. The number of likely N-dealkylation sites (tertiary alicyclic amines) is 1. The number of fused-ring (bicyclic) bond motifs is 1. The summed E-state index contributed by atoms with van der Waals surface area (Å²) in [5, 5.41) is 3.39. The van der Waals surface area contributed by atoms with E-state index < -0.39 is 9.84 Å². The number of halogens is 1. The van der Waals surface area contributed by atoms with Crippen LogP contribution in [0.2, 0.25) is 0 Å². The normalized spacial score (nSPS) is 26.6. The average molecular weight is 325 g/mol. The number of sulfone groups is 1. The lowest BCUT2D eigenvalue weighted by Crippen LogP contribution is -2.37. The van der Waals surface area contributed by atoms with Crippen molar-refractivity contribution in [2.45, 2.75) is 26.2 Å². The summed E-state index contributed by atoms with van der Waals surface area (Å²) in [5.74, 6) is 0.910. The van der Waals surface area contributed by atoms with Crippen molar-refractivity contribution in [3.63, 3.8) is 0 Å². The summed E-state index contributed by atoms with van der Waals surface area (Å²) >= 11 is 0. The number of hydrogen-bond acceptors (Lipinski definition) is 4. The molecule has 7 heteroatoms. The van der Waals surface area contributed by atoms with Gasteiger partial charge in [0.05, 0.1) is 5.75 Å². The molecule has 2 atom stereocenters. The molecule has 118 valence electrons. The molecular formula is C13H25ClN2O3S. The quantitative estimate of drug-likeness (QED) is 0.826. The third-order valence-electron chi connectivity index (χ3n) is 4.23. The van der Waals surface area contributed by atoms with E-state index in [4.69, 9.17) is 0 Å². The van der Waals surface area contributed by atoms with Crippen LogP contribution in [0, 0.1) is 11.8 Å². The first kappa shape index (κ1) is 17.7. The fourth-order valence-corrected chi connectivity index (χ4v) is 4.46. The van der Waals surface area contributed by atoms with E-state index in [-0.39, 0.29) is 29.8 Å². The second kappa shape index (κ2) is 7.61. The van der Waals surface area contributed by atoms with Gasteiger partial charge in [-0.3, -0.25) is 4.79 Å².